The molecule has 2 N–H and O–H groups in total. The SMILES string of the molecule is CNc1cc(Nc2cc(F)ccc2F)nc(SC)n1. The number of thioether (sulfide) groups is 1. The number of benzene rings is 1. The minimum atomic E-state index is -0.545. The van der Waals surface area contributed by atoms with Gasteiger partial charge in [0.15, 0.2) is 5.16 Å². The summed E-state index contributed by atoms with van der Waals surface area (Å²) in [6, 6.07) is 4.82. The highest BCUT2D eigenvalue weighted by Gasteiger charge is 2.07. The molecule has 2 rings (SSSR count). The second-order valence-corrected chi connectivity index (χ2v) is 4.40. The summed E-state index contributed by atoms with van der Waals surface area (Å²) in [5, 5.41) is 6.16. The van der Waals surface area contributed by atoms with Crippen molar-refractivity contribution >= 4 is 29.1 Å². The number of aromatic nitrogens is 2. The number of hydrogen-bond acceptors (Lipinski definition) is 5. The van der Waals surface area contributed by atoms with Gasteiger partial charge in [-0.2, -0.15) is 0 Å². The normalized spacial score (nSPS) is 10.3. The third kappa shape index (κ3) is 3.31. The van der Waals surface area contributed by atoms with Crippen molar-refractivity contribution in [1.29, 1.82) is 0 Å². The van der Waals surface area contributed by atoms with E-state index in [0.29, 0.717) is 16.8 Å². The van der Waals surface area contributed by atoms with Crippen LogP contribution in [0.2, 0.25) is 0 Å². The predicted octanol–water partition coefficient (Wildman–Crippen LogP) is 3.26. The number of anilines is 3. The Balaban J connectivity index is 2.34. The fraction of sp³-hybridized carbons (Fsp3) is 0.167. The standard InChI is InChI=1S/C12H12F2N4S/c1-15-10-6-11(18-12(17-10)19-2)16-9-5-7(13)3-4-8(9)14/h3-6H,1-2H3,(H2,15,16,17,18). The van der Waals surface area contributed by atoms with Gasteiger partial charge in [-0.05, 0) is 18.4 Å². The fourth-order valence-corrected chi connectivity index (χ4v) is 1.82. The van der Waals surface area contributed by atoms with Crippen LogP contribution in [0.5, 0.6) is 0 Å². The summed E-state index contributed by atoms with van der Waals surface area (Å²) in [7, 11) is 1.72. The molecule has 1 aromatic carbocycles. The minimum Gasteiger partial charge on any atom is -0.373 e. The van der Waals surface area contributed by atoms with E-state index >= 15 is 0 Å². The third-order valence-electron chi connectivity index (χ3n) is 2.34. The predicted molar refractivity (Wildman–Crippen MR) is 73.0 cm³/mol. The van der Waals surface area contributed by atoms with Gasteiger partial charge in [-0.1, -0.05) is 11.8 Å². The Hall–Kier alpha value is -1.89. The fourth-order valence-electron chi connectivity index (χ4n) is 1.44. The lowest BCUT2D eigenvalue weighted by Crippen LogP contribution is -2.02. The first-order valence-electron chi connectivity index (χ1n) is 5.45. The Morgan fingerprint density at radius 1 is 1.11 bits per heavy atom. The molecule has 0 fully saturated rings. The van der Waals surface area contributed by atoms with Crippen molar-refractivity contribution in [3.8, 4) is 0 Å². The summed E-state index contributed by atoms with van der Waals surface area (Å²) in [4.78, 5) is 8.36. The zero-order valence-electron chi connectivity index (χ0n) is 10.4. The van der Waals surface area contributed by atoms with E-state index < -0.39 is 11.6 Å². The van der Waals surface area contributed by atoms with E-state index in [1.165, 1.54) is 11.8 Å². The average molecular weight is 282 g/mol. The van der Waals surface area contributed by atoms with Gasteiger partial charge >= 0.3 is 0 Å². The molecule has 0 saturated carbocycles. The number of hydrogen-bond donors (Lipinski definition) is 2. The van der Waals surface area contributed by atoms with E-state index in [2.05, 4.69) is 20.6 Å². The highest BCUT2D eigenvalue weighted by Crippen LogP contribution is 2.23. The van der Waals surface area contributed by atoms with Crippen molar-refractivity contribution in [3.05, 3.63) is 35.9 Å². The zero-order valence-corrected chi connectivity index (χ0v) is 11.2. The van der Waals surface area contributed by atoms with Crippen molar-refractivity contribution in [2.45, 2.75) is 5.16 Å². The molecule has 0 saturated heterocycles. The number of nitrogens with zero attached hydrogens (tertiary/aromatic N) is 2. The third-order valence-corrected chi connectivity index (χ3v) is 2.88. The lowest BCUT2D eigenvalue weighted by atomic mass is 10.3. The molecule has 4 nitrogen and oxygen atoms in total. The maximum atomic E-state index is 13.5. The van der Waals surface area contributed by atoms with Gasteiger partial charge in [-0.15, -0.1) is 0 Å². The molecular weight excluding hydrogens is 270 g/mol. The second-order valence-electron chi connectivity index (χ2n) is 3.62. The van der Waals surface area contributed by atoms with Crippen LogP contribution in [0, 0.1) is 11.6 Å². The Bertz CT molecular complexity index is 570. The Labute approximate surface area is 113 Å². The lowest BCUT2D eigenvalue weighted by Gasteiger charge is -2.09. The van der Waals surface area contributed by atoms with Gasteiger partial charge in [0.1, 0.15) is 23.3 Å². The highest BCUT2D eigenvalue weighted by molar-refractivity contribution is 7.98. The molecule has 7 heteroatoms. The van der Waals surface area contributed by atoms with E-state index in [-0.39, 0.29) is 5.69 Å². The van der Waals surface area contributed by atoms with Gasteiger partial charge < -0.3 is 10.6 Å². The van der Waals surface area contributed by atoms with Gasteiger partial charge in [-0.25, -0.2) is 18.7 Å². The molecule has 0 bridgehead atoms. The van der Waals surface area contributed by atoms with E-state index in [0.717, 1.165) is 18.2 Å². The van der Waals surface area contributed by atoms with Gasteiger partial charge in [-0.3, -0.25) is 0 Å². The van der Waals surface area contributed by atoms with E-state index in [4.69, 9.17) is 0 Å². The van der Waals surface area contributed by atoms with E-state index in [1.54, 1.807) is 13.1 Å². The molecule has 0 aliphatic rings. The second kappa shape index (κ2) is 5.83. The molecule has 0 unspecified atom stereocenters. The van der Waals surface area contributed by atoms with E-state index in [9.17, 15) is 8.78 Å². The summed E-state index contributed by atoms with van der Waals surface area (Å²) >= 11 is 1.36. The topological polar surface area (TPSA) is 49.8 Å². The molecular formula is C12H12F2N4S. The monoisotopic (exact) mass is 282 g/mol. The van der Waals surface area contributed by atoms with E-state index in [1.807, 2.05) is 6.26 Å². The first-order valence-corrected chi connectivity index (χ1v) is 6.67. The molecule has 1 aromatic heterocycles. The Kier molecular flexibility index (Phi) is 4.16. The first-order chi connectivity index (χ1) is 9.12. The van der Waals surface area contributed by atoms with Crippen molar-refractivity contribution in [1.82, 2.24) is 9.97 Å². The van der Waals surface area contributed by atoms with Gasteiger partial charge in [0.25, 0.3) is 0 Å². The van der Waals surface area contributed by atoms with Crippen molar-refractivity contribution in [2.75, 3.05) is 23.9 Å². The van der Waals surface area contributed by atoms with Crippen LogP contribution in [0.15, 0.2) is 29.4 Å². The van der Waals surface area contributed by atoms with Gasteiger partial charge in [0.05, 0.1) is 5.69 Å². The maximum Gasteiger partial charge on any atom is 0.191 e. The Morgan fingerprint density at radius 3 is 2.53 bits per heavy atom. The van der Waals surface area contributed by atoms with Crippen molar-refractivity contribution < 1.29 is 8.78 Å². The van der Waals surface area contributed by atoms with Crippen molar-refractivity contribution in [3.63, 3.8) is 0 Å². The largest absolute Gasteiger partial charge is 0.373 e. The summed E-state index contributed by atoms with van der Waals surface area (Å²) in [6.45, 7) is 0. The molecule has 0 aliphatic heterocycles. The molecule has 19 heavy (non-hydrogen) atoms. The van der Waals surface area contributed by atoms with Gasteiger partial charge in [0.2, 0.25) is 0 Å². The molecule has 0 aliphatic carbocycles. The molecule has 100 valence electrons. The van der Waals surface area contributed by atoms with Crippen LogP contribution in [-0.2, 0) is 0 Å². The summed E-state index contributed by atoms with van der Waals surface area (Å²) < 4.78 is 26.6. The summed E-state index contributed by atoms with van der Waals surface area (Å²) in [5.41, 5.74) is 0.0350. The average Bonchev–Trinajstić information content (AvgIpc) is 2.42. The molecule has 0 radical (unpaired) electrons. The number of halogens is 2. The molecule has 2 aromatic rings. The first kappa shape index (κ1) is 13.5. The summed E-state index contributed by atoms with van der Waals surface area (Å²) in [5.74, 6) is -0.0690. The van der Waals surface area contributed by atoms with Crippen LogP contribution < -0.4 is 10.6 Å². The maximum absolute atomic E-state index is 13.5. The lowest BCUT2D eigenvalue weighted by molar-refractivity contribution is 0.603. The van der Waals surface area contributed by atoms with Crippen LogP contribution in [0.25, 0.3) is 0 Å². The van der Waals surface area contributed by atoms with Crippen LogP contribution >= 0.6 is 11.8 Å². The quantitative estimate of drug-likeness (QED) is 0.666. The molecule has 0 spiro atoms. The molecule has 1 heterocycles. The van der Waals surface area contributed by atoms with Crippen molar-refractivity contribution in [2.24, 2.45) is 0 Å². The summed E-state index contributed by atoms with van der Waals surface area (Å²) in [6.07, 6.45) is 1.83. The molecule has 0 atom stereocenters. The smallest absolute Gasteiger partial charge is 0.191 e. The van der Waals surface area contributed by atoms with Crippen LogP contribution in [0.4, 0.5) is 26.1 Å². The van der Waals surface area contributed by atoms with Crippen LogP contribution in [0.1, 0.15) is 0 Å². The van der Waals surface area contributed by atoms with Crippen LogP contribution in [-0.4, -0.2) is 23.3 Å². The number of nitrogens with one attached hydrogen (secondary N) is 2. The minimum absolute atomic E-state index is 0.0350. The van der Waals surface area contributed by atoms with Crippen LogP contribution in [0.3, 0.4) is 0 Å². The Morgan fingerprint density at radius 2 is 1.84 bits per heavy atom. The van der Waals surface area contributed by atoms with Gasteiger partial charge in [0, 0.05) is 19.2 Å². The number of rotatable bonds is 4. The zero-order chi connectivity index (χ0) is 13.8. The highest BCUT2D eigenvalue weighted by atomic mass is 32.2. The molecule has 0 amide bonds.